The monoisotopic (exact) mass is 605 g/mol. The Morgan fingerprint density at radius 1 is 0.674 bits per heavy atom. The summed E-state index contributed by atoms with van der Waals surface area (Å²) < 4.78 is 7.32. The SMILES string of the molecule is Cc1ccc(-c2nnc(-c3ccccc3Cl)o2)s1.Oc1ccccc1-c1nc(-c2ccccc2O)n(-c2ccccc2)n1. The minimum Gasteiger partial charge on any atom is -0.507 e. The van der Waals surface area contributed by atoms with Crippen molar-refractivity contribution in [3.05, 3.63) is 125 Å². The van der Waals surface area contributed by atoms with Crippen LogP contribution in [0.25, 0.3) is 50.7 Å². The van der Waals surface area contributed by atoms with Crippen LogP contribution in [-0.4, -0.2) is 35.2 Å². The maximum atomic E-state index is 10.2. The van der Waals surface area contributed by atoms with Crippen LogP contribution in [-0.2, 0) is 0 Å². The number of rotatable bonds is 5. The molecule has 212 valence electrons. The fourth-order valence-corrected chi connectivity index (χ4v) is 5.30. The Bertz CT molecular complexity index is 2000. The van der Waals surface area contributed by atoms with Gasteiger partial charge < -0.3 is 14.6 Å². The van der Waals surface area contributed by atoms with Crippen molar-refractivity contribution in [2.24, 2.45) is 0 Å². The fourth-order valence-electron chi connectivity index (χ4n) is 4.29. The van der Waals surface area contributed by atoms with E-state index in [-0.39, 0.29) is 11.5 Å². The van der Waals surface area contributed by atoms with Gasteiger partial charge in [0.25, 0.3) is 5.89 Å². The zero-order valence-electron chi connectivity index (χ0n) is 22.8. The van der Waals surface area contributed by atoms with E-state index in [1.807, 2.05) is 79.7 Å². The van der Waals surface area contributed by atoms with Crippen LogP contribution in [0.3, 0.4) is 0 Å². The molecule has 0 aliphatic carbocycles. The summed E-state index contributed by atoms with van der Waals surface area (Å²) >= 11 is 7.72. The van der Waals surface area contributed by atoms with E-state index in [0.717, 1.165) is 16.1 Å². The van der Waals surface area contributed by atoms with Gasteiger partial charge in [0.1, 0.15) is 11.5 Å². The average Bonchev–Trinajstić information content (AvgIpc) is 3.79. The molecule has 10 heteroatoms. The van der Waals surface area contributed by atoms with Gasteiger partial charge in [-0.3, -0.25) is 0 Å². The van der Waals surface area contributed by atoms with Crippen LogP contribution < -0.4 is 0 Å². The zero-order chi connectivity index (χ0) is 29.8. The lowest BCUT2D eigenvalue weighted by molar-refractivity contribution is 0.476. The molecule has 4 aromatic carbocycles. The lowest BCUT2D eigenvalue weighted by Gasteiger charge is -2.06. The Kier molecular flexibility index (Phi) is 7.99. The molecule has 3 aromatic heterocycles. The van der Waals surface area contributed by atoms with E-state index in [9.17, 15) is 10.2 Å². The molecule has 43 heavy (non-hydrogen) atoms. The Hall–Kier alpha value is -5.25. The second-order valence-electron chi connectivity index (χ2n) is 9.34. The van der Waals surface area contributed by atoms with E-state index < -0.39 is 0 Å². The molecule has 7 rings (SSSR count). The van der Waals surface area contributed by atoms with Gasteiger partial charge in [-0.25, -0.2) is 9.67 Å². The van der Waals surface area contributed by atoms with Gasteiger partial charge in [-0.2, -0.15) is 0 Å². The number of hydrogen-bond acceptors (Lipinski definition) is 8. The first kappa shape index (κ1) is 27.9. The van der Waals surface area contributed by atoms with E-state index in [2.05, 4.69) is 20.3 Å². The molecule has 0 saturated carbocycles. The number of aryl methyl sites for hydroxylation is 1. The number of halogens is 1. The third-order valence-corrected chi connectivity index (χ3v) is 7.70. The molecule has 8 nitrogen and oxygen atoms in total. The Morgan fingerprint density at radius 2 is 1.28 bits per heavy atom. The zero-order valence-corrected chi connectivity index (χ0v) is 24.4. The van der Waals surface area contributed by atoms with Crippen molar-refractivity contribution in [3.63, 3.8) is 0 Å². The number of aromatic nitrogens is 5. The van der Waals surface area contributed by atoms with Gasteiger partial charge in [-0.1, -0.05) is 66.2 Å². The largest absolute Gasteiger partial charge is 0.507 e. The van der Waals surface area contributed by atoms with Crippen molar-refractivity contribution in [1.82, 2.24) is 25.0 Å². The molecule has 0 aliphatic heterocycles. The quantitative estimate of drug-likeness (QED) is 0.202. The van der Waals surface area contributed by atoms with Crippen molar-refractivity contribution in [2.75, 3.05) is 0 Å². The van der Waals surface area contributed by atoms with Crippen LogP contribution in [0.1, 0.15) is 4.88 Å². The highest BCUT2D eigenvalue weighted by atomic mass is 35.5. The second-order valence-corrected chi connectivity index (χ2v) is 11.0. The van der Waals surface area contributed by atoms with Gasteiger partial charge in [0.2, 0.25) is 5.89 Å². The molecule has 0 bridgehead atoms. The summed E-state index contributed by atoms with van der Waals surface area (Å²) in [7, 11) is 0. The predicted octanol–water partition coefficient (Wildman–Crippen LogP) is 8.44. The van der Waals surface area contributed by atoms with Crippen LogP contribution >= 0.6 is 22.9 Å². The van der Waals surface area contributed by atoms with Gasteiger partial charge >= 0.3 is 0 Å². The highest BCUT2D eigenvalue weighted by Crippen LogP contribution is 2.34. The van der Waals surface area contributed by atoms with E-state index in [1.54, 1.807) is 58.5 Å². The highest BCUT2D eigenvalue weighted by Gasteiger charge is 2.19. The summed E-state index contributed by atoms with van der Waals surface area (Å²) in [5.41, 5.74) is 2.68. The van der Waals surface area contributed by atoms with E-state index in [0.29, 0.717) is 39.6 Å². The molecule has 2 N–H and O–H groups in total. The summed E-state index contributed by atoms with van der Waals surface area (Å²) in [6, 6.07) is 34.9. The van der Waals surface area contributed by atoms with Gasteiger partial charge in [-0.05, 0) is 67.6 Å². The summed E-state index contributed by atoms with van der Waals surface area (Å²) in [5.74, 6) is 2.10. The van der Waals surface area contributed by atoms with Crippen molar-refractivity contribution in [3.8, 4) is 62.2 Å². The molecule has 0 unspecified atom stereocenters. The van der Waals surface area contributed by atoms with E-state index in [1.165, 1.54) is 4.88 Å². The van der Waals surface area contributed by atoms with E-state index in [4.69, 9.17) is 16.0 Å². The number of benzene rings is 4. The topological polar surface area (TPSA) is 110 Å². The minimum absolute atomic E-state index is 0.108. The molecular formula is C33H24ClN5O3S. The minimum atomic E-state index is 0.108. The lowest BCUT2D eigenvalue weighted by atomic mass is 10.1. The average molecular weight is 606 g/mol. The van der Waals surface area contributed by atoms with Gasteiger partial charge in [0.15, 0.2) is 11.6 Å². The normalized spacial score (nSPS) is 10.7. The van der Waals surface area contributed by atoms with Crippen molar-refractivity contribution >= 4 is 22.9 Å². The maximum absolute atomic E-state index is 10.2. The summed E-state index contributed by atoms with van der Waals surface area (Å²) in [5, 5.41) is 33.6. The molecule has 0 radical (unpaired) electrons. The molecule has 0 saturated heterocycles. The van der Waals surface area contributed by atoms with Gasteiger partial charge in [-0.15, -0.1) is 26.6 Å². The lowest BCUT2D eigenvalue weighted by Crippen LogP contribution is -1.99. The summed E-state index contributed by atoms with van der Waals surface area (Å²) in [6.45, 7) is 2.04. The molecule has 3 heterocycles. The van der Waals surface area contributed by atoms with Crippen LogP contribution in [0.5, 0.6) is 11.5 Å². The third-order valence-electron chi connectivity index (χ3n) is 6.38. The van der Waals surface area contributed by atoms with E-state index >= 15 is 0 Å². The molecule has 0 fully saturated rings. The Balaban J connectivity index is 0.000000162. The Labute approximate surface area is 256 Å². The van der Waals surface area contributed by atoms with Gasteiger partial charge in [0.05, 0.1) is 32.3 Å². The fraction of sp³-hybridized carbons (Fsp3) is 0.0303. The molecule has 0 spiro atoms. The molecular weight excluding hydrogens is 582 g/mol. The first-order valence-electron chi connectivity index (χ1n) is 13.2. The number of nitrogens with zero attached hydrogens (tertiary/aromatic N) is 5. The number of para-hydroxylation sites is 3. The molecule has 7 aromatic rings. The van der Waals surface area contributed by atoms with Gasteiger partial charge in [0, 0.05) is 4.88 Å². The number of aromatic hydroxyl groups is 2. The first-order chi connectivity index (χ1) is 21.0. The number of thiophene rings is 1. The first-order valence-corrected chi connectivity index (χ1v) is 14.4. The van der Waals surface area contributed by atoms with Crippen LogP contribution in [0.15, 0.2) is 120 Å². The summed E-state index contributed by atoms with van der Waals surface area (Å²) in [6.07, 6.45) is 0. The van der Waals surface area contributed by atoms with Crippen molar-refractivity contribution < 1.29 is 14.6 Å². The number of phenols is 2. The highest BCUT2D eigenvalue weighted by molar-refractivity contribution is 7.15. The second kappa shape index (κ2) is 12.3. The van der Waals surface area contributed by atoms with Crippen molar-refractivity contribution in [1.29, 1.82) is 0 Å². The smallest absolute Gasteiger partial charge is 0.258 e. The maximum Gasteiger partial charge on any atom is 0.258 e. The number of phenolic OH excluding ortho intramolecular Hbond substituents is 2. The third kappa shape index (κ3) is 6.04. The summed E-state index contributed by atoms with van der Waals surface area (Å²) in [4.78, 5) is 6.76. The van der Waals surface area contributed by atoms with Crippen LogP contribution in [0.4, 0.5) is 0 Å². The molecule has 0 amide bonds. The molecule has 0 atom stereocenters. The standard InChI is InChI=1S/C20H15N3O2.C13H9ClN2OS/c24-17-12-6-4-10-15(17)19-21-20(16-11-5-7-13-18(16)25)23(22-19)14-8-2-1-3-9-14;1-8-6-7-11(18-8)13-16-15-12(17-13)9-4-2-3-5-10(9)14/h1-13,24-25H;2-7H,1H3. The Morgan fingerprint density at radius 3 is 1.93 bits per heavy atom. The van der Waals surface area contributed by atoms with Crippen LogP contribution in [0, 0.1) is 6.92 Å². The predicted molar refractivity (Wildman–Crippen MR) is 168 cm³/mol. The van der Waals surface area contributed by atoms with Crippen molar-refractivity contribution in [2.45, 2.75) is 6.92 Å². The molecule has 0 aliphatic rings. The number of hydrogen-bond donors (Lipinski definition) is 2. The van der Waals surface area contributed by atoms with Crippen LogP contribution in [0.2, 0.25) is 5.02 Å².